The van der Waals surface area contributed by atoms with E-state index in [2.05, 4.69) is 15.5 Å². The van der Waals surface area contributed by atoms with Crippen molar-refractivity contribution in [3.63, 3.8) is 0 Å². The lowest BCUT2D eigenvalue weighted by Crippen LogP contribution is -2.00. The maximum atomic E-state index is 10.5. The molecule has 7 heteroatoms. The van der Waals surface area contributed by atoms with Crippen molar-refractivity contribution in [2.24, 2.45) is 0 Å². The van der Waals surface area contributed by atoms with Crippen molar-refractivity contribution in [1.82, 2.24) is 20.2 Å². The van der Waals surface area contributed by atoms with Gasteiger partial charge in [-0.05, 0) is 11.4 Å². The van der Waals surface area contributed by atoms with Crippen LogP contribution in [0.1, 0.15) is 16.2 Å². The van der Waals surface area contributed by atoms with Gasteiger partial charge in [-0.2, -0.15) is 0 Å². The van der Waals surface area contributed by atoms with Crippen LogP contribution in [0.2, 0.25) is 0 Å². The van der Waals surface area contributed by atoms with E-state index >= 15 is 0 Å². The second-order valence-corrected chi connectivity index (χ2v) is 4.57. The molecule has 0 saturated heterocycles. The molecule has 0 amide bonds. The summed E-state index contributed by atoms with van der Waals surface area (Å²) in [6, 6.07) is 5.78. The van der Waals surface area contributed by atoms with Crippen molar-refractivity contribution in [1.29, 1.82) is 0 Å². The van der Waals surface area contributed by atoms with Crippen LogP contribution in [0.3, 0.4) is 0 Å². The molecule has 0 aliphatic heterocycles. The molecule has 0 bridgehead atoms. The molecule has 0 saturated carbocycles. The topological polar surface area (TPSA) is 73.8 Å². The molecule has 0 atom stereocenters. The predicted molar refractivity (Wildman–Crippen MR) is 64.3 cm³/mol. The Morgan fingerprint density at radius 1 is 1.50 bits per heavy atom. The Bertz CT molecular complexity index is 656. The van der Waals surface area contributed by atoms with Gasteiger partial charge in [0.05, 0.1) is 17.6 Å². The quantitative estimate of drug-likeness (QED) is 0.669. The Hall–Kier alpha value is -2.28. The number of hydrogen-bond donors (Lipinski definition) is 0. The Labute approximate surface area is 106 Å². The highest BCUT2D eigenvalue weighted by atomic mass is 32.1. The van der Waals surface area contributed by atoms with E-state index < -0.39 is 0 Å². The molecule has 3 aromatic heterocycles. The zero-order chi connectivity index (χ0) is 12.4. The third kappa shape index (κ3) is 2.07. The lowest BCUT2D eigenvalue weighted by molar-refractivity contribution is 0.111. The molecule has 0 spiro atoms. The van der Waals surface area contributed by atoms with Gasteiger partial charge >= 0.3 is 0 Å². The Morgan fingerprint density at radius 2 is 2.44 bits per heavy atom. The number of carbonyl (C=O) groups excluding carboxylic acids is 1. The van der Waals surface area contributed by atoms with Crippen molar-refractivity contribution in [3.05, 3.63) is 41.2 Å². The summed E-state index contributed by atoms with van der Waals surface area (Å²) >= 11 is 1.59. The molecule has 3 aromatic rings. The first-order chi connectivity index (χ1) is 8.85. The first kappa shape index (κ1) is 10.8. The van der Waals surface area contributed by atoms with Crippen LogP contribution in [0, 0.1) is 0 Å². The zero-order valence-electron chi connectivity index (χ0n) is 9.18. The van der Waals surface area contributed by atoms with E-state index in [1.54, 1.807) is 22.2 Å². The van der Waals surface area contributed by atoms with E-state index in [4.69, 9.17) is 4.52 Å². The fourth-order valence-electron chi connectivity index (χ4n) is 1.53. The molecule has 6 nitrogen and oxygen atoms in total. The zero-order valence-corrected chi connectivity index (χ0v) is 10.0. The second-order valence-electron chi connectivity index (χ2n) is 3.62. The molecule has 3 heterocycles. The number of aromatic nitrogens is 4. The minimum Gasteiger partial charge on any atom is -0.355 e. The molecule has 0 aliphatic carbocycles. The molecule has 0 radical (unpaired) electrons. The Kier molecular flexibility index (Phi) is 2.73. The van der Waals surface area contributed by atoms with Crippen LogP contribution in [0.25, 0.3) is 10.6 Å². The first-order valence-corrected chi connectivity index (χ1v) is 6.08. The van der Waals surface area contributed by atoms with Crippen LogP contribution < -0.4 is 0 Å². The van der Waals surface area contributed by atoms with Gasteiger partial charge in [0.1, 0.15) is 11.4 Å². The molecule has 0 fully saturated rings. The third-order valence-electron chi connectivity index (χ3n) is 2.32. The molecule has 0 aromatic carbocycles. The van der Waals surface area contributed by atoms with Crippen molar-refractivity contribution >= 4 is 17.6 Å². The lowest BCUT2D eigenvalue weighted by atomic mass is 10.3. The van der Waals surface area contributed by atoms with Crippen molar-refractivity contribution < 1.29 is 9.32 Å². The normalized spacial score (nSPS) is 10.7. The SMILES string of the molecule is O=Cc1cn(Cc2cc(-c3cccs3)on2)nn1. The van der Waals surface area contributed by atoms with Crippen LogP contribution in [0.4, 0.5) is 0 Å². The Morgan fingerprint density at radius 3 is 3.17 bits per heavy atom. The monoisotopic (exact) mass is 260 g/mol. The maximum absolute atomic E-state index is 10.5. The highest BCUT2D eigenvalue weighted by Crippen LogP contribution is 2.25. The fourth-order valence-corrected chi connectivity index (χ4v) is 2.21. The largest absolute Gasteiger partial charge is 0.355 e. The molecular formula is C11H8N4O2S. The van der Waals surface area contributed by atoms with E-state index in [-0.39, 0.29) is 0 Å². The molecule has 0 aliphatic rings. The van der Waals surface area contributed by atoms with Gasteiger partial charge < -0.3 is 4.52 Å². The highest BCUT2D eigenvalue weighted by Gasteiger charge is 2.08. The molecule has 0 N–H and O–H groups in total. The minimum atomic E-state index is 0.303. The van der Waals surface area contributed by atoms with Gasteiger partial charge in [-0.25, -0.2) is 4.68 Å². The summed E-state index contributed by atoms with van der Waals surface area (Å²) in [6.45, 7) is 0.426. The summed E-state index contributed by atoms with van der Waals surface area (Å²) in [5.74, 6) is 0.732. The van der Waals surface area contributed by atoms with Crippen LogP contribution in [-0.2, 0) is 6.54 Å². The first-order valence-electron chi connectivity index (χ1n) is 5.20. The van der Waals surface area contributed by atoms with Gasteiger partial charge in [0.2, 0.25) is 0 Å². The Balaban J connectivity index is 1.79. The summed E-state index contributed by atoms with van der Waals surface area (Å²) in [5, 5.41) is 13.4. The standard InChI is InChI=1S/C11H8N4O2S/c16-7-9-6-15(14-12-9)5-8-4-10(17-13-8)11-2-1-3-18-11/h1-4,6-7H,5H2. The average Bonchev–Trinajstić information content (AvgIpc) is 3.10. The van der Waals surface area contributed by atoms with Gasteiger partial charge in [0.15, 0.2) is 12.0 Å². The summed E-state index contributed by atoms with van der Waals surface area (Å²) in [4.78, 5) is 11.5. The highest BCUT2D eigenvalue weighted by molar-refractivity contribution is 7.13. The predicted octanol–water partition coefficient (Wildman–Crippen LogP) is 1.86. The summed E-state index contributed by atoms with van der Waals surface area (Å²) in [7, 11) is 0. The average molecular weight is 260 g/mol. The summed E-state index contributed by atoms with van der Waals surface area (Å²) < 4.78 is 6.79. The molecule has 3 rings (SSSR count). The van der Waals surface area contributed by atoms with Gasteiger partial charge in [-0.3, -0.25) is 4.79 Å². The number of rotatable bonds is 4. The van der Waals surface area contributed by atoms with E-state index in [0.717, 1.165) is 16.3 Å². The number of carbonyl (C=O) groups is 1. The summed E-state index contributed by atoms with van der Waals surface area (Å²) in [5.41, 5.74) is 1.04. The molecule has 90 valence electrons. The van der Waals surface area contributed by atoms with E-state index in [0.29, 0.717) is 18.5 Å². The molecule has 18 heavy (non-hydrogen) atoms. The lowest BCUT2D eigenvalue weighted by Gasteiger charge is -1.92. The van der Waals surface area contributed by atoms with Gasteiger partial charge in [-0.15, -0.1) is 16.4 Å². The number of hydrogen-bond acceptors (Lipinski definition) is 6. The molecular weight excluding hydrogens is 252 g/mol. The van der Waals surface area contributed by atoms with Gasteiger partial charge in [0.25, 0.3) is 0 Å². The second kappa shape index (κ2) is 4.53. The van der Waals surface area contributed by atoms with Crippen molar-refractivity contribution in [2.75, 3.05) is 0 Å². The van der Waals surface area contributed by atoms with Gasteiger partial charge in [-0.1, -0.05) is 16.4 Å². The summed E-state index contributed by atoms with van der Waals surface area (Å²) in [6.07, 6.45) is 2.22. The minimum absolute atomic E-state index is 0.303. The van der Waals surface area contributed by atoms with E-state index in [1.165, 1.54) is 0 Å². The smallest absolute Gasteiger partial charge is 0.177 e. The number of thiophene rings is 1. The van der Waals surface area contributed by atoms with Crippen LogP contribution in [0.15, 0.2) is 34.3 Å². The van der Waals surface area contributed by atoms with Crippen LogP contribution in [-0.4, -0.2) is 26.4 Å². The van der Waals surface area contributed by atoms with Crippen LogP contribution >= 0.6 is 11.3 Å². The van der Waals surface area contributed by atoms with E-state index in [1.807, 2.05) is 23.6 Å². The third-order valence-corrected chi connectivity index (χ3v) is 3.21. The van der Waals surface area contributed by atoms with Crippen molar-refractivity contribution in [3.8, 4) is 10.6 Å². The fraction of sp³-hybridized carbons (Fsp3) is 0.0909. The van der Waals surface area contributed by atoms with Gasteiger partial charge in [0, 0.05) is 6.07 Å². The van der Waals surface area contributed by atoms with Crippen LogP contribution in [0.5, 0.6) is 0 Å². The molecule has 0 unspecified atom stereocenters. The van der Waals surface area contributed by atoms with E-state index in [9.17, 15) is 4.79 Å². The maximum Gasteiger partial charge on any atom is 0.177 e. The number of nitrogens with zero attached hydrogens (tertiary/aromatic N) is 4. The van der Waals surface area contributed by atoms with Crippen molar-refractivity contribution in [2.45, 2.75) is 6.54 Å². The number of aldehydes is 1.